The molecule has 0 aliphatic carbocycles. The largest absolute Gasteiger partial charge is 0.464 e. The van der Waals surface area contributed by atoms with E-state index in [-0.39, 0.29) is 5.91 Å². The van der Waals surface area contributed by atoms with Gasteiger partial charge in [0.25, 0.3) is 0 Å². The lowest BCUT2D eigenvalue weighted by Gasteiger charge is -2.06. The number of benzene rings is 2. The predicted octanol–water partition coefficient (Wildman–Crippen LogP) is 4.79. The Kier molecular flexibility index (Phi) is 4.20. The van der Waals surface area contributed by atoms with Crippen LogP contribution in [-0.2, 0) is 17.6 Å². The zero-order valence-corrected chi connectivity index (χ0v) is 13.8. The van der Waals surface area contributed by atoms with Gasteiger partial charge < -0.3 is 9.73 Å². The highest BCUT2D eigenvalue weighted by molar-refractivity contribution is 5.95. The third kappa shape index (κ3) is 3.29. The molecule has 3 heteroatoms. The van der Waals surface area contributed by atoms with Crippen LogP contribution in [0.3, 0.4) is 0 Å². The summed E-state index contributed by atoms with van der Waals surface area (Å²) >= 11 is 0. The minimum Gasteiger partial charge on any atom is -0.464 e. The summed E-state index contributed by atoms with van der Waals surface area (Å²) in [5, 5.41) is 3.96. The van der Waals surface area contributed by atoms with Gasteiger partial charge in [-0.3, -0.25) is 4.79 Å². The van der Waals surface area contributed by atoms with Crippen LogP contribution < -0.4 is 5.32 Å². The summed E-state index contributed by atoms with van der Waals surface area (Å²) in [6.45, 7) is 6.24. The van der Waals surface area contributed by atoms with E-state index in [1.807, 2.05) is 30.3 Å². The number of nitrogens with one attached hydrogen (secondary N) is 1. The highest BCUT2D eigenvalue weighted by Crippen LogP contribution is 2.25. The van der Waals surface area contributed by atoms with Crippen LogP contribution in [0.4, 0.5) is 5.69 Å². The summed E-state index contributed by atoms with van der Waals surface area (Å²) in [4.78, 5) is 12.3. The van der Waals surface area contributed by atoms with Crippen LogP contribution >= 0.6 is 0 Å². The second-order valence-electron chi connectivity index (χ2n) is 5.97. The first kappa shape index (κ1) is 15.3. The molecule has 0 aliphatic heterocycles. The van der Waals surface area contributed by atoms with Gasteiger partial charge in [0.05, 0.1) is 12.7 Å². The summed E-state index contributed by atoms with van der Waals surface area (Å²) in [7, 11) is 0. The van der Waals surface area contributed by atoms with E-state index >= 15 is 0 Å². The second kappa shape index (κ2) is 6.29. The number of carbonyl (C=O) groups excluding carboxylic acids is 1. The summed E-state index contributed by atoms with van der Waals surface area (Å²) in [6.07, 6.45) is 2.99. The van der Waals surface area contributed by atoms with Crippen LogP contribution in [0.25, 0.3) is 11.0 Å². The Morgan fingerprint density at radius 1 is 1.09 bits per heavy atom. The highest BCUT2D eigenvalue weighted by atomic mass is 16.3. The normalized spacial score (nSPS) is 10.9. The molecule has 2 aromatic carbocycles. The summed E-state index contributed by atoms with van der Waals surface area (Å²) < 4.78 is 5.59. The molecule has 3 aromatic rings. The fourth-order valence-corrected chi connectivity index (χ4v) is 2.68. The lowest BCUT2D eigenvalue weighted by molar-refractivity contribution is -0.115. The van der Waals surface area contributed by atoms with Gasteiger partial charge in [-0.1, -0.05) is 19.1 Å². The Hall–Kier alpha value is -2.55. The van der Waals surface area contributed by atoms with E-state index in [0.717, 1.165) is 28.6 Å². The molecule has 1 heterocycles. The zero-order chi connectivity index (χ0) is 16.4. The molecule has 23 heavy (non-hydrogen) atoms. The standard InChI is InChI=1S/C20H21NO2/c1-4-15-5-7-17(8-6-15)21-20(22)11-16-12-23-19-10-14(3)13(2)9-18(16)19/h5-10,12H,4,11H2,1-3H3,(H,21,22). The number of rotatable bonds is 4. The van der Waals surface area contributed by atoms with Crippen LogP contribution in [0.15, 0.2) is 47.1 Å². The third-order valence-corrected chi connectivity index (χ3v) is 4.27. The maximum absolute atomic E-state index is 12.3. The van der Waals surface area contributed by atoms with Crippen LogP contribution in [0, 0.1) is 13.8 Å². The minimum atomic E-state index is -0.0322. The summed E-state index contributed by atoms with van der Waals surface area (Å²) in [5.41, 5.74) is 6.24. The topological polar surface area (TPSA) is 42.2 Å². The van der Waals surface area contributed by atoms with Crippen molar-refractivity contribution >= 4 is 22.6 Å². The zero-order valence-electron chi connectivity index (χ0n) is 13.8. The van der Waals surface area contributed by atoms with Crippen molar-refractivity contribution in [2.24, 2.45) is 0 Å². The average Bonchev–Trinajstić information content (AvgIpc) is 2.90. The SMILES string of the molecule is CCc1ccc(NC(=O)Cc2coc3cc(C)c(C)cc23)cc1. The first-order chi connectivity index (χ1) is 11.1. The Morgan fingerprint density at radius 3 is 2.48 bits per heavy atom. The third-order valence-electron chi connectivity index (χ3n) is 4.27. The average molecular weight is 307 g/mol. The van der Waals surface area contributed by atoms with E-state index in [1.165, 1.54) is 16.7 Å². The number of aryl methyl sites for hydroxylation is 3. The molecule has 3 nitrogen and oxygen atoms in total. The first-order valence-corrected chi connectivity index (χ1v) is 7.93. The molecule has 0 saturated heterocycles. The Labute approximate surface area is 136 Å². The first-order valence-electron chi connectivity index (χ1n) is 7.93. The smallest absolute Gasteiger partial charge is 0.228 e. The van der Waals surface area contributed by atoms with Crippen LogP contribution in [0.5, 0.6) is 0 Å². The van der Waals surface area contributed by atoms with Crippen LogP contribution in [0.1, 0.15) is 29.2 Å². The van der Waals surface area contributed by atoms with Gasteiger partial charge in [0.15, 0.2) is 0 Å². The van der Waals surface area contributed by atoms with Gasteiger partial charge in [0, 0.05) is 16.6 Å². The molecule has 0 unspecified atom stereocenters. The Bertz CT molecular complexity index is 844. The van der Waals surface area contributed by atoms with E-state index in [1.54, 1.807) is 6.26 Å². The lowest BCUT2D eigenvalue weighted by Crippen LogP contribution is -2.14. The molecule has 0 aliphatic rings. The van der Waals surface area contributed by atoms with Crippen molar-refractivity contribution in [3.8, 4) is 0 Å². The van der Waals surface area contributed by atoms with Crippen molar-refractivity contribution in [1.29, 1.82) is 0 Å². The number of anilines is 1. The lowest BCUT2D eigenvalue weighted by atomic mass is 10.0. The van der Waals surface area contributed by atoms with Crippen LogP contribution in [-0.4, -0.2) is 5.91 Å². The monoisotopic (exact) mass is 307 g/mol. The molecule has 0 spiro atoms. The van der Waals surface area contributed by atoms with Gasteiger partial charge in [0.1, 0.15) is 5.58 Å². The number of hydrogen-bond acceptors (Lipinski definition) is 2. The number of fused-ring (bicyclic) bond motifs is 1. The maximum Gasteiger partial charge on any atom is 0.228 e. The van der Waals surface area contributed by atoms with Gasteiger partial charge in [-0.2, -0.15) is 0 Å². The maximum atomic E-state index is 12.3. The molecular weight excluding hydrogens is 286 g/mol. The molecule has 0 fully saturated rings. The second-order valence-corrected chi connectivity index (χ2v) is 5.97. The number of hydrogen-bond donors (Lipinski definition) is 1. The van der Waals surface area contributed by atoms with Gasteiger partial charge in [-0.25, -0.2) is 0 Å². The van der Waals surface area contributed by atoms with Gasteiger partial charge in [0.2, 0.25) is 5.91 Å². The van der Waals surface area contributed by atoms with Crippen molar-refractivity contribution in [3.05, 3.63) is 64.9 Å². The molecule has 1 amide bonds. The molecule has 3 rings (SSSR count). The van der Waals surface area contributed by atoms with Crippen molar-refractivity contribution in [3.63, 3.8) is 0 Å². The molecule has 118 valence electrons. The van der Waals surface area contributed by atoms with Crippen molar-refractivity contribution in [2.45, 2.75) is 33.6 Å². The van der Waals surface area contributed by atoms with Crippen molar-refractivity contribution < 1.29 is 9.21 Å². The fraction of sp³-hybridized carbons (Fsp3) is 0.250. The molecule has 0 radical (unpaired) electrons. The number of amides is 1. The highest BCUT2D eigenvalue weighted by Gasteiger charge is 2.12. The molecule has 0 saturated carbocycles. The van der Waals surface area contributed by atoms with Gasteiger partial charge >= 0.3 is 0 Å². The van der Waals surface area contributed by atoms with Crippen molar-refractivity contribution in [1.82, 2.24) is 0 Å². The quantitative estimate of drug-likeness (QED) is 0.752. The minimum absolute atomic E-state index is 0.0322. The molecule has 1 aromatic heterocycles. The molecule has 0 bridgehead atoms. The molecular formula is C20H21NO2. The number of furan rings is 1. The van der Waals surface area contributed by atoms with Crippen LogP contribution in [0.2, 0.25) is 0 Å². The van der Waals surface area contributed by atoms with Gasteiger partial charge in [-0.15, -0.1) is 0 Å². The van der Waals surface area contributed by atoms with E-state index in [4.69, 9.17) is 4.42 Å². The van der Waals surface area contributed by atoms with Crippen molar-refractivity contribution in [2.75, 3.05) is 5.32 Å². The Balaban J connectivity index is 1.76. The number of carbonyl (C=O) groups is 1. The fourth-order valence-electron chi connectivity index (χ4n) is 2.68. The van der Waals surface area contributed by atoms with E-state index in [0.29, 0.717) is 6.42 Å². The van der Waals surface area contributed by atoms with E-state index in [9.17, 15) is 4.79 Å². The predicted molar refractivity (Wildman–Crippen MR) is 93.8 cm³/mol. The molecule has 0 atom stereocenters. The van der Waals surface area contributed by atoms with E-state index in [2.05, 4.69) is 32.2 Å². The Morgan fingerprint density at radius 2 is 1.78 bits per heavy atom. The van der Waals surface area contributed by atoms with Gasteiger partial charge in [-0.05, 0) is 61.2 Å². The summed E-state index contributed by atoms with van der Waals surface area (Å²) in [6, 6.07) is 12.1. The summed E-state index contributed by atoms with van der Waals surface area (Å²) in [5.74, 6) is -0.0322. The molecule has 1 N–H and O–H groups in total. The van der Waals surface area contributed by atoms with E-state index < -0.39 is 0 Å².